The molecule has 22 heavy (non-hydrogen) atoms. The third-order valence-electron chi connectivity index (χ3n) is 5.50. The smallest absolute Gasteiger partial charge is 0.334 e. The molecule has 1 saturated carbocycles. The van der Waals surface area contributed by atoms with E-state index < -0.39 is 23.6 Å². The molecule has 2 fully saturated rings. The molecule has 1 heterocycles. The van der Waals surface area contributed by atoms with Gasteiger partial charge in [-0.15, -0.1) is 0 Å². The molecule has 1 N–H and O–H groups in total. The molecule has 120 valence electrons. The van der Waals surface area contributed by atoms with E-state index in [9.17, 15) is 14.7 Å². The summed E-state index contributed by atoms with van der Waals surface area (Å²) in [6.07, 6.45) is 0.179. The Morgan fingerprint density at radius 3 is 2.77 bits per heavy atom. The Balaban J connectivity index is 1.96. The average molecular weight is 306 g/mol. The standard InChI is InChI=1S/C17H22O5/c1-8-5-13(21-10(3)18)15(19)17(4)7-14-11(6-12(8)17)9(2)16(20)22-14/h11,13-15,19H,2,5-7H2,1,3-4H3/t11-,13+,14-,15+,17+/m0/s1. The molecule has 5 nitrogen and oxygen atoms in total. The second-order valence-electron chi connectivity index (χ2n) is 6.96. The maximum Gasteiger partial charge on any atom is 0.334 e. The number of hydrogen-bond acceptors (Lipinski definition) is 5. The largest absolute Gasteiger partial charge is 0.459 e. The summed E-state index contributed by atoms with van der Waals surface area (Å²) in [6.45, 7) is 9.18. The predicted molar refractivity (Wildman–Crippen MR) is 78.7 cm³/mol. The second-order valence-corrected chi connectivity index (χ2v) is 6.96. The van der Waals surface area contributed by atoms with Crippen LogP contribution < -0.4 is 0 Å². The minimum atomic E-state index is -0.788. The fraction of sp³-hybridized carbons (Fsp3) is 0.647. The molecule has 0 bridgehead atoms. The maximum atomic E-state index is 11.8. The summed E-state index contributed by atoms with van der Waals surface area (Å²) in [4.78, 5) is 23.0. The fourth-order valence-corrected chi connectivity index (χ4v) is 4.33. The molecule has 5 heteroatoms. The number of rotatable bonds is 1. The van der Waals surface area contributed by atoms with Gasteiger partial charge in [0, 0.05) is 30.3 Å². The van der Waals surface area contributed by atoms with Crippen LogP contribution in [0.2, 0.25) is 0 Å². The molecule has 5 atom stereocenters. The molecule has 1 aliphatic heterocycles. The summed E-state index contributed by atoms with van der Waals surface area (Å²) in [5, 5.41) is 10.8. The van der Waals surface area contributed by atoms with Crippen LogP contribution in [0.5, 0.6) is 0 Å². The van der Waals surface area contributed by atoms with Gasteiger partial charge in [0.25, 0.3) is 0 Å². The first-order valence-electron chi connectivity index (χ1n) is 7.68. The van der Waals surface area contributed by atoms with E-state index in [0.717, 1.165) is 11.1 Å². The summed E-state index contributed by atoms with van der Waals surface area (Å²) in [6, 6.07) is 0. The molecule has 0 unspecified atom stereocenters. The highest BCUT2D eigenvalue weighted by atomic mass is 16.6. The van der Waals surface area contributed by atoms with Crippen molar-refractivity contribution < 1.29 is 24.2 Å². The number of aliphatic hydroxyl groups is 1. The van der Waals surface area contributed by atoms with Gasteiger partial charge in [0.2, 0.25) is 0 Å². The number of aliphatic hydroxyl groups excluding tert-OH is 1. The second kappa shape index (κ2) is 4.95. The monoisotopic (exact) mass is 306 g/mol. The fourth-order valence-electron chi connectivity index (χ4n) is 4.33. The molecule has 0 aromatic carbocycles. The minimum absolute atomic E-state index is 0.00278. The van der Waals surface area contributed by atoms with Crippen LogP contribution in [0.4, 0.5) is 0 Å². The number of carbonyl (C=O) groups is 2. The lowest BCUT2D eigenvalue weighted by Crippen LogP contribution is -2.52. The number of esters is 2. The van der Waals surface area contributed by atoms with E-state index >= 15 is 0 Å². The third-order valence-corrected chi connectivity index (χ3v) is 5.50. The molecule has 2 aliphatic carbocycles. The molecular weight excluding hydrogens is 284 g/mol. The highest BCUT2D eigenvalue weighted by Gasteiger charge is 2.55. The van der Waals surface area contributed by atoms with Crippen molar-refractivity contribution in [2.24, 2.45) is 11.3 Å². The van der Waals surface area contributed by atoms with E-state index in [0.29, 0.717) is 24.8 Å². The number of fused-ring (bicyclic) bond motifs is 2. The summed E-state index contributed by atoms with van der Waals surface area (Å²) >= 11 is 0. The third kappa shape index (κ3) is 2.10. The van der Waals surface area contributed by atoms with Gasteiger partial charge in [-0.2, -0.15) is 0 Å². The van der Waals surface area contributed by atoms with Crippen molar-refractivity contribution in [1.82, 2.24) is 0 Å². The molecule has 0 radical (unpaired) electrons. The summed E-state index contributed by atoms with van der Waals surface area (Å²) in [7, 11) is 0. The summed E-state index contributed by atoms with van der Waals surface area (Å²) in [5.41, 5.74) is 2.28. The molecule has 0 spiro atoms. The minimum Gasteiger partial charge on any atom is -0.459 e. The van der Waals surface area contributed by atoms with Crippen molar-refractivity contribution in [3.05, 3.63) is 23.3 Å². The van der Waals surface area contributed by atoms with Gasteiger partial charge < -0.3 is 14.6 Å². The molecule has 3 aliphatic rings. The number of hydrogen-bond donors (Lipinski definition) is 1. The van der Waals surface area contributed by atoms with Crippen LogP contribution in [0.25, 0.3) is 0 Å². The topological polar surface area (TPSA) is 72.8 Å². The Labute approximate surface area is 130 Å². The number of ether oxygens (including phenoxy) is 2. The zero-order valence-electron chi connectivity index (χ0n) is 13.2. The van der Waals surface area contributed by atoms with Gasteiger partial charge >= 0.3 is 11.9 Å². The van der Waals surface area contributed by atoms with Crippen LogP contribution in [0, 0.1) is 11.3 Å². The Kier molecular flexibility index (Phi) is 3.44. The van der Waals surface area contributed by atoms with Crippen molar-refractivity contribution >= 4 is 11.9 Å². The Morgan fingerprint density at radius 1 is 1.45 bits per heavy atom. The van der Waals surface area contributed by atoms with Gasteiger partial charge in [0.1, 0.15) is 18.3 Å². The van der Waals surface area contributed by atoms with E-state index in [4.69, 9.17) is 9.47 Å². The summed E-state index contributed by atoms with van der Waals surface area (Å²) in [5.74, 6) is -0.720. The lowest BCUT2D eigenvalue weighted by molar-refractivity contribution is -0.161. The molecule has 0 amide bonds. The van der Waals surface area contributed by atoms with E-state index in [-0.39, 0.29) is 18.0 Å². The van der Waals surface area contributed by atoms with Crippen LogP contribution in [0.3, 0.4) is 0 Å². The SMILES string of the molecule is C=C1C(=O)O[C@H]2C[C@]3(C)C(=C(C)C[C@@H](OC(C)=O)[C@H]3O)C[C@@H]12. The normalized spacial score (nSPS) is 40.9. The van der Waals surface area contributed by atoms with Crippen molar-refractivity contribution in [1.29, 1.82) is 0 Å². The van der Waals surface area contributed by atoms with Crippen molar-refractivity contribution in [2.45, 2.75) is 58.3 Å². The van der Waals surface area contributed by atoms with E-state index in [2.05, 4.69) is 6.58 Å². The average Bonchev–Trinajstić information content (AvgIpc) is 2.68. The van der Waals surface area contributed by atoms with Crippen LogP contribution in [0.1, 0.15) is 40.0 Å². The van der Waals surface area contributed by atoms with E-state index in [1.165, 1.54) is 6.92 Å². The van der Waals surface area contributed by atoms with Gasteiger partial charge in [-0.1, -0.05) is 24.6 Å². The first-order valence-corrected chi connectivity index (χ1v) is 7.68. The Hall–Kier alpha value is -1.62. The maximum absolute atomic E-state index is 11.8. The first-order chi connectivity index (χ1) is 10.2. The van der Waals surface area contributed by atoms with Crippen LogP contribution >= 0.6 is 0 Å². The van der Waals surface area contributed by atoms with Gasteiger partial charge in [-0.25, -0.2) is 4.79 Å². The Morgan fingerprint density at radius 2 is 2.14 bits per heavy atom. The number of carbonyl (C=O) groups excluding carboxylic acids is 2. The van der Waals surface area contributed by atoms with Crippen molar-refractivity contribution in [2.75, 3.05) is 0 Å². The van der Waals surface area contributed by atoms with E-state index in [1.54, 1.807) is 0 Å². The highest BCUT2D eigenvalue weighted by Crippen LogP contribution is 2.55. The van der Waals surface area contributed by atoms with Crippen LogP contribution in [0.15, 0.2) is 23.3 Å². The molecule has 3 rings (SSSR count). The van der Waals surface area contributed by atoms with Gasteiger partial charge in [0.15, 0.2) is 0 Å². The molecule has 0 aromatic heterocycles. The van der Waals surface area contributed by atoms with Crippen LogP contribution in [-0.2, 0) is 19.1 Å². The lowest BCUT2D eigenvalue weighted by Gasteiger charge is -2.50. The summed E-state index contributed by atoms with van der Waals surface area (Å²) < 4.78 is 10.7. The zero-order valence-corrected chi connectivity index (χ0v) is 13.2. The molecular formula is C17H22O5. The lowest BCUT2D eigenvalue weighted by atomic mass is 9.58. The van der Waals surface area contributed by atoms with E-state index in [1.807, 2.05) is 13.8 Å². The Bertz CT molecular complexity index is 590. The predicted octanol–water partition coefficient (Wildman–Crippen LogP) is 1.90. The highest BCUT2D eigenvalue weighted by molar-refractivity contribution is 5.91. The first kappa shape index (κ1) is 15.3. The van der Waals surface area contributed by atoms with Gasteiger partial charge in [-0.05, 0) is 19.8 Å². The van der Waals surface area contributed by atoms with Gasteiger partial charge in [-0.3, -0.25) is 4.79 Å². The van der Waals surface area contributed by atoms with Crippen LogP contribution in [-0.4, -0.2) is 35.4 Å². The zero-order chi connectivity index (χ0) is 16.2. The quantitative estimate of drug-likeness (QED) is 0.455. The molecule has 1 saturated heterocycles. The molecule has 0 aromatic rings. The van der Waals surface area contributed by atoms with Gasteiger partial charge in [0.05, 0.1) is 0 Å². The van der Waals surface area contributed by atoms with Crippen molar-refractivity contribution in [3.63, 3.8) is 0 Å². The van der Waals surface area contributed by atoms with Crippen molar-refractivity contribution in [3.8, 4) is 0 Å².